The summed E-state index contributed by atoms with van der Waals surface area (Å²) in [5.41, 5.74) is 0.501. The number of ketones is 1. The van der Waals surface area contributed by atoms with Gasteiger partial charge in [0.15, 0.2) is 5.78 Å². The van der Waals surface area contributed by atoms with Crippen LogP contribution in [0.25, 0.3) is 0 Å². The van der Waals surface area contributed by atoms with Gasteiger partial charge in [-0.2, -0.15) is 0 Å². The summed E-state index contributed by atoms with van der Waals surface area (Å²) in [5.74, 6) is 0.701. The number of ether oxygens (including phenoxy) is 1. The van der Waals surface area contributed by atoms with Gasteiger partial charge in [0, 0.05) is 24.7 Å². The molecule has 120 valence electrons. The molecule has 2 aromatic rings. The van der Waals surface area contributed by atoms with E-state index in [1.807, 2.05) is 6.07 Å². The third-order valence-corrected chi connectivity index (χ3v) is 4.41. The second kappa shape index (κ2) is 7.52. The third kappa shape index (κ3) is 4.27. The van der Waals surface area contributed by atoms with E-state index in [1.165, 1.54) is 42.4 Å². The number of anilines is 1. The zero-order chi connectivity index (χ0) is 16.1. The summed E-state index contributed by atoms with van der Waals surface area (Å²) in [6, 6.07) is 7.46. The van der Waals surface area contributed by atoms with Crippen molar-refractivity contribution in [2.24, 2.45) is 0 Å². The second-order valence-corrected chi connectivity index (χ2v) is 6.03. The summed E-state index contributed by atoms with van der Waals surface area (Å²) in [7, 11) is 0. The van der Waals surface area contributed by atoms with Crippen LogP contribution in [0.5, 0.6) is 0 Å². The Morgan fingerprint density at radius 3 is 2.70 bits per heavy atom. The van der Waals surface area contributed by atoms with Crippen LogP contribution in [0, 0.1) is 5.82 Å². The summed E-state index contributed by atoms with van der Waals surface area (Å²) in [6.45, 7) is 2.98. The number of aromatic nitrogens is 2. The highest BCUT2D eigenvalue weighted by atomic mass is 32.2. The molecule has 1 aromatic carbocycles. The third-order valence-electron chi connectivity index (χ3n) is 3.48. The predicted molar refractivity (Wildman–Crippen MR) is 86.5 cm³/mol. The molecule has 0 spiro atoms. The van der Waals surface area contributed by atoms with Crippen LogP contribution >= 0.6 is 11.8 Å². The number of morpholine rings is 1. The Balaban J connectivity index is 1.61. The fraction of sp³-hybridized carbons (Fsp3) is 0.312. The van der Waals surface area contributed by atoms with Gasteiger partial charge in [-0.3, -0.25) is 4.79 Å². The van der Waals surface area contributed by atoms with Crippen molar-refractivity contribution in [2.75, 3.05) is 37.0 Å². The molecule has 5 nitrogen and oxygen atoms in total. The lowest BCUT2D eigenvalue weighted by Crippen LogP contribution is -2.36. The standard InChI is InChI=1S/C16H16FN3O2S/c17-13-3-1-12(2-4-13)14(21)10-23-16-9-15(18-11-19-16)20-5-7-22-8-6-20/h1-4,9,11H,5-8,10H2. The van der Waals surface area contributed by atoms with E-state index < -0.39 is 0 Å². The first-order chi connectivity index (χ1) is 11.2. The molecule has 0 bridgehead atoms. The maximum atomic E-state index is 12.9. The first-order valence-electron chi connectivity index (χ1n) is 7.29. The largest absolute Gasteiger partial charge is 0.378 e. The van der Waals surface area contributed by atoms with Crippen LogP contribution in [-0.4, -0.2) is 47.8 Å². The van der Waals surface area contributed by atoms with Crippen LogP contribution in [0.4, 0.5) is 10.2 Å². The summed E-state index contributed by atoms with van der Waals surface area (Å²) < 4.78 is 18.2. The maximum Gasteiger partial charge on any atom is 0.173 e. The minimum atomic E-state index is -0.347. The van der Waals surface area contributed by atoms with Gasteiger partial charge in [0.05, 0.1) is 19.0 Å². The number of hydrogen-bond acceptors (Lipinski definition) is 6. The van der Waals surface area contributed by atoms with Crippen molar-refractivity contribution in [3.8, 4) is 0 Å². The van der Waals surface area contributed by atoms with Crippen molar-refractivity contribution in [1.82, 2.24) is 9.97 Å². The van der Waals surface area contributed by atoms with Crippen molar-refractivity contribution in [3.05, 3.63) is 48.0 Å². The number of carbonyl (C=O) groups is 1. The van der Waals surface area contributed by atoms with E-state index in [1.54, 1.807) is 0 Å². The normalized spacial score (nSPS) is 14.7. The fourth-order valence-corrected chi connectivity index (χ4v) is 2.99. The summed E-state index contributed by atoms with van der Waals surface area (Å²) in [6.07, 6.45) is 1.51. The Morgan fingerprint density at radius 2 is 1.96 bits per heavy atom. The van der Waals surface area contributed by atoms with Gasteiger partial charge in [-0.1, -0.05) is 11.8 Å². The fourth-order valence-electron chi connectivity index (χ4n) is 2.23. The highest BCUT2D eigenvalue weighted by molar-refractivity contribution is 7.99. The van der Waals surface area contributed by atoms with Crippen molar-refractivity contribution in [1.29, 1.82) is 0 Å². The van der Waals surface area contributed by atoms with E-state index in [4.69, 9.17) is 4.74 Å². The van der Waals surface area contributed by atoms with Gasteiger partial charge in [-0.25, -0.2) is 14.4 Å². The minimum absolute atomic E-state index is 0.0541. The highest BCUT2D eigenvalue weighted by Crippen LogP contribution is 2.21. The molecule has 0 radical (unpaired) electrons. The Hall–Kier alpha value is -1.99. The first-order valence-corrected chi connectivity index (χ1v) is 8.27. The number of Topliss-reactive ketones (excluding diaryl/α,β-unsaturated/α-hetero) is 1. The number of nitrogens with zero attached hydrogens (tertiary/aromatic N) is 3. The molecule has 0 saturated carbocycles. The average molecular weight is 333 g/mol. The number of carbonyl (C=O) groups excluding carboxylic acids is 1. The quantitative estimate of drug-likeness (QED) is 0.476. The number of rotatable bonds is 5. The molecule has 1 aliphatic heterocycles. The number of benzene rings is 1. The van der Waals surface area contributed by atoms with E-state index in [9.17, 15) is 9.18 Å². The molecule has 0 amide bonds. The molecule has 1 aliphatic rings. The van der Waals surface area contributed by atoms with Crippen LogP contribution in [0.3, 0.4) is 0 Å². The Bertz CT molecular complexity index is 675. The van der Waals surface area contributed by atoms with Gasteiger partial charge in [-0.15, -0.1) is 0 Å². The molecule has 0 aliphatic carbocycles. The number of hydrogen-bond donors (Lipinski definition) is 0. The molecule has 1 aromatic heterocycles. The average Bonchev–Trinajstić information content (AvgIpc) is 2.61. The first kappa shape index (κ1) is 15.9. The van der Waals surface area contributed by atoms with E-state index in [2.05, 4.69) is 14.9 Å². The van der Waals surface area contributed by atoms with Crippen LogP contribution in [0.2, 0.25) is 0 Å². The van der Waals surface area contributed by atoms with E-state index in [0.717, 1.165) is 23.9 Å². The topological polar surface area (TPSA) is 55.3 Å². The van der Waals surface area contributed by atoms with E-state index in [-0.39, 0.29) is 17.4 Å². The van der Waals surface area contributed by atoms with Crippen molar-refractivity contribution < 1.29 is 13.9 Å². The van der Waals surface area contributed by atoms with E-state index in [0.29, 0.717) is 18.8 Å². The van der Waals surface area contributed by atoms with Crippen molar-refractivity contribution >= 4 is 23.4 Å². The molecule has 0 unspecified atom stereocenters. The molecule has 0 atom stereocenters. The minimum Gasteiger partial charge on any atom is -0.378 e. The van der Waals surface area contributed by atoms with Crippen LogP contribution < -0.4 is 4.90 Å². The monoisotopic (exact) mass is 333 g/mol. The lowest BCUT2D eigenvalue weighted by Gasteiger charge is -2.27. The SMILES string of the molecule is O=C(CSc1cc(N2CCOCC2)ncn1)c1ccc(F)cc1. The summed E-state index contributed by atoms with van der Waals surface area (Å²) >= 11 is 1.35. The molecule has 2 heterocycles. The van der Waals surface area contributed by atoms with Crippen molar-refractivity contribution in [3.63, 3.8) is 0 Å². The molecule has 1 fully saturated rings. The molecule has 0 N–H and O–H groups in total. The molecular weight excluding hydrogens is 317 g/mol. The van der Waals surface area contributed by atoms with Gasteiger partial charge in [0.25, 0.3) is 0 Å². The van der Waals surface area contributed by atoms with Gasteiger partial charge < -0.3 is 9.64 Å². The van der Waals surface area contributed by atoms with Gasteiger partial charge in [0.2, 0.25) is 0 Å². The van der Waals surface area contributed by atoms with Gasteiger partial charge in [-0.05, 0) is 24.3 Å². The zero-order valence-electron chi connectivity index (χ0n) is 12.4. The predicted octanol–water partition coefficient (Wildman–Crippen LogP) is 2.43. The van der Waals surface area contributed by atoms with Crippen LogP contribution in [0.15, 0.2) is 41.7 Å². The zero-order valence-corrected chi connectivity index (χ0v) is 13.3. The summed E-state index contributed by atoms with van der Waals surface area (Å²) in [5, 5.41) is 0.747. The summed E-state index contributed by atoms with van der Waals surface area (Å²) in [4.78, 5) is 22.7. The Labute approximate surface area is 137 Å². The smallest absolute Gasteiger partial charge is 0.173 e. The van der Waals surface area contributed by atoms with Gasteiger partial charge in [0.1, 0.15) is 23.0 Å². The lowest BCUT2D eigenvalue weighted by molar-refractivity contribution is 0.102. The second-order valence-electron chi connectivity index (χ2n) is 5.03. The molecule has 23 heavy (non-hydrogen) atoms. The highest BCUT2D eigenvalue weighted by Gasteiger charge is 2.14. The number of halogens is 1. The Morgan fingerprint density at radius 1 is 1.22 bits per heavy atom. The molecule has 3 rings (SSSR count). The van der Waals surface area contributed by atoms with Gasteiger partial charge >= 0.3 is 0 Å². The molecule has 1 saturated heterocycles. The Kier molecular flexibility index (Phi) is 5.19. The lowest BCUT2D eigenvalue weighted by atomic mass is 10.1. The maximum absolute atomic E-state index is 12.9. The number of thioether (sulfide) groups is 1. The molecular formula is C16H16FN3O2S. The molecule has 7 heteroatoms. The van der Waals surface area contributed by atoms with Crippen LogP contribution in [0.1, 0.15) is 10.4 Å². The van der Waals surface area contributed by atoms with E-state index >= 15 is 0 Å². The van der Waals surface area contributed by atoms with Crippen molar-refractivity contribution in [2.45, 2.75) is 5.03 Å². The van der Waals surface area contributed by atoms with Crippen LogP contribution in [-0.2, 0) is 4.74 Å².